The molecule has 0 saturated carbocycles. The lowest BCUT2D eigenvalue weighted by Gasteiger charge is -2.15. The van der Waals surface area contributed by atoms with Crippen LogP contribution < -0.4 is 5.32 Å². The van der Waals surface area contributed by atoms with Gasteiger partial charge in [0, 0.05) is 0 Å². The standard InChI is InChI=1S/C13H17NO/c1-3-9-14-13(10-15)12-7-5-11(4-2)6-8-12/h1,5-8,13-15H,4,9-10H2,2H3/t13-/m0/s1. The van der Waals surface area contributed by atoms with Gasteiger partial charge in [-0.15, -0.1) is 6.42 Å². The summed E-state index contributed by atoms with van der Waals surface area (Å²) in [6.07, 6.45) is 6.19. The fourth-order valence-corrected chi connectivity index (χ4v) is 1.46. The van der Waals surface area contributed by atoms with Gasteiger partial charge in [0.2, 0.25) is 0 Å². The molecule has 2 N–H and O–H groups in total. The number of hydrogen-bond donors (Lipinski definition) is 2. The topological polar surface area (TPSA) is 32.3 Å². The first-order valence-corrected chi connectivity index (χ1v) is 5.18. The van der Waals surface area contributed by atoms with Crippen LogP contribution in [0.25, 0.3) is 0 Å². The van der Waals surface area contributed by atoms with E-state index in [4.69, 9.17) is 6.42 Å². The van der Waals surface area contributed by atoms with Crippen molar-refractivity contribution in [3.05, 3.63) is 35.4 Å². The number of aliphatic hydroxyl groups is 1. The van der Waals surface area contributed by atoms with Gasteiger partial charge in [-0.2, -0.15) is 0 Å². The van der Waals surface area contributed by atoms with Gasteiger partial charge in [-0.25, -0.2) is 0 Å². The van der Waals surface area contributed by atoms with Gasteiger partial charge in [0.15, 0.2) is 0 Å². The van der Waals surface area contributed by atoms with Crippen molar-refractivity contribution in [1.82, 2.24) is 5.32 Å². The number of nitrogens with one attached hydrogen (secondary N) is 1. The van der Waals surface area contributed by atoms with Crippen LogP contribution in [0.4, 0.5) is 0 Å². The lowest BCUT2D eigenvalue weighted by molar-refractivity contribution is 0.248. The lowest BCUT2D eigenvalue weighted by atomic mass is 10.0. The van der Waals surface area contributed by atoms with Crippen molar-refractivity contribution in [1.29, 1.82) is 0 Å². The molecule has 0 saturated heterocycles. The SMILES string of the molecule is C#CCN[C@@H](CO)c1ccc(CC)cc1. The fraction of sp³-hybridized carbons (Fsp3) is 0.385. The highest BCUT2D eigenvalue weighted by molar-refractivity contribution is 5.25. The van der Waals surface area contributed by atoms with E-state index < -0.39 is 0 Å². The van der Waals surface area contributed by atoms with Crippen molar-refractivity contribution in [2.75, 3.05) is 13.2 Å². The van der Waals surface area contributed by atoms with Gasteiger partial charge in [-0.1, -0.05) is 37.1 Å². The monoisotopic (exact) mass is 203 g/mol. The van der Waals surface area contributed by atoms with Crippen LogP contribution in [0.15, 0.2) is 24.3 Å². The minimum absolute atomic E-state index is 0.0627. The van der Waals surface area contributed by atoms with E-state index in [0.29, 0.717) is 6.54 Å². The van der Waals surface area contributed by atoms with Gasteiger partial charge in [0.05, 0.1) is 19.2 Å². The van der Waals surface area contributed by atoms with E-state index in [2.05, 4.69) is 30.3 Å². The van der Waals surface area contributed by atoms with Crippen molar-refractivity contribution in [3.8, 4) is 12.3 Å². The molecule has 1 aromatic rings. The van der Waals surface area contributed by atoms with Crippen LogP contribution in [0.2, 0.25) is 0 Å². The zero-order chi connectivity index (χ0) is 11.1. The van der Waals surface area contributed by atoms with Gasteiger partial charge >= 0.3 is 0 Å². The fourth-order valence-electron chi connectivity index (χ4n) is 1.46. The third-order valence-electron chi connectivity index (χ3n) is 2.42. The molecule has 2 nitrogen and oxygen atoms in total. The van der Waals surface area contributed by atoms with Crippen molar-refractivity contribution in [3.63, 3.8) is 0 Å². The molecule has 0 aromatic heterocycles. The van der Waals surface area contributed by atoms with E-state index in [1.165, 1.54) is 5.56 Å². The Morgan fingerprint density at radius 3 is 2.53 bits per heavy atom. The lowest BCUT2D eigenvalue weighted by Crippen LogP contribution is -2.24. The van der Waals surface area contributed by atoms with E-state index >= 15 is 0 Å². The average molecular weight is 203 g/mol. The predicted molar refractivity (Wildman–Crippen MR) is 62.5 cm³/mol. The molecular formula is C13H17NO. The summed E-state index contributed by atoms with van der Waals surface area (Å²) in [7, 11) is 0. The maximum atomic E-state index is 9.20. The molecule has 0 unspecified atom stereocenters. The summed E-state index contributed by atoms with van der Waals surface area (Å²) >= 11 is 0. The quantitative estimate of drug-likeness (QED) is 0.711. The van der Waals surface area contributed by atoms with E-state index in [1.807, 2.05) is 12.1 Å². The summed E-state index contributed by atoms with van der Waals surface area (Å²) in [6.45, 7) is 2.66. The molecule has 1 rings (SSSR count). The zero-order valence-corrected chi connectivity index (χ0v) is 9.03. The molecule has 0 amide bonds. The molecular weight excluding hydrogens is 186 g/mol. The Morgan fingerprint density at radius 1 is 1.40 bits per heavy atom. The second-order valence-corrected chi connectivity index (χ2v) is 3.42. The third-order valence-corrected chi connectivity index (χ3v) is 2.42. The van der Waals surface area contributed by atoms with E-state index in [0.717, 1.165) is 12.0 Å². The van der Waals surface area contributed by atoms with Gasteiger partial charge in [-0.05, 0) is 17.5 Å². The number of hydrogen-bond acceptors (Lipinski definition) is 2. The summed E-state index contributed by atoms with van der Waals surface area (Å²) in [5, 5.41) is 12.3. The van der Waals surface area contributed by atoms with Crippen LogP contribution in [0.3, 0.4) is 0 Å². The van der Waals surface area contributed by atoms with Crippen LogP contribution in [-0.4, -0.2) is 18.3 Å². The second kappa shape index (κ2) is 6.23. The molecule has 0 spiro atoms. The van der Waals surface area contributed by atoms with E-state index in [-0.39, 0.29) is 12.6 Å². The number of benzene rings is 1. The Hall–Kier alpha value is -1.30. The molecule has 0 radical (unpaired) electrons. The minimum Gasteiger partial charge on any atom is -0.394 e. The molecule has 1 aromatic carbocycles. The number of terminal acetylenes is 1. The maximum absolute atomic E-state index is 9.20. The largest absolute Gasteiger partial charge is 0.394 e. The molecule has 0 fully saturated rings. The summed E-state index contributed by atoms with van der Waals surface area (Å²) in [6, 6.07) is 8.16. The zero-order valence-electron chi connectivity index (χ0n) is 9.03. The first-order chi connectivity index (χ1) is 7.31. The highest BCUT2D eigenvalue weighted by Crippen LogP contribution is 2.13. The van der Waals surface area contributed by atoms with Crippen LogP contribution in [0.5, 0.6) is 0 Å². The molecule has 0 heterocycles. The Kier molecular flexibility index (Phi) is 4.89. The van der Waals surface area contributed by atoms with Gasteiger partial charge in [-0.3, -0.25) is 5.32 Å². The smallest absolute Gasteiger partial charge is 0.0626 e. The number of aryl methyl sites for hydroxylation is 1. The normalized spacial score (nSPS) is 12.1. The third kappa shape index (κ3) is 3.39. The minimum atomic E-state index is -0.0630. The molecule has 1 atom stereocenters. The summed E-state index contributed by atoms with van der Waals surface area (Å²) in [4.78, 5) is 0. The molecule has 15 heavy (non-hydrogen) atoms. The molecule has 2 heteroatoms. The van der Waals surface area contributed by atoms with Crippen molar-refractivity contribution >= 4 is 0 Å². The summed E-state index contributed by atoms with van der Waals surface area (Å²) in [5.41, 5.74) is 2.37. The van der Waals surface area contributed by atoms with E-state index in [9.17, 15) is 5.11 Å². The summed E-state index contributed by atoms with van der Waals surface area (Å²) in [5.74, 6) is 2.50. The first kappa shape index (κ1) is 11.8. The molecule has 80 valence electrons. The van der Waals surface area contributed by atoms with Gasteiger partial charge in [0.25, 0.3) is 0 Å². The molecule has 0 aliphatic carbocycles. The van der Waals surface area contributed by atoms with Crippen molar-refractivity contribution in [2.45, 2.75) is 19.4 Å². The Morgan fingerprint density at radius 2 is 2.07 bits per heavy atom. The first-order valence-electron chi connectivity index (χ1n) is 5.18. The summed E-state index contributed by atoms with van der Waals surface area (Å²) < 4.78 is 0. The van der Waals surface area contributed by atoms with Gasteiger partial charge in [0.1, 0.15) is 0 Å². The van der Waals surface area contributed by atoms with Gasteiger partial charge < -0.3 is 5.11 Å². The highest BCUT2D eigenvalue weighted by Gasteiger charge is 2.07. The second-order valence-electron chi connectivity index (χ2n) is 3.42. The Labute approximate surface area is 91.3 Å². The van der Waals surface area contributed by atoms with Crippen molar-refractivity contribution < 1.29 is 5.11 Å². The Bertz CT molecular complexity index is 323. The van der Waals surface area contributed by atoms with Crippen LogP contribution in [-0.2, 0) is 6.42 Å². The molecule has 0 aliphatic rings. The highest BCUT2D eigenvalue weighted by atomic mass is 16.3. The van der Waals surface area contributed by atoms with Crippen LogP contribution in [0.1, 0.15) is 24.1 Å². The maximum Gasteiger partial charge on any atom is 0.0626 e. The molecule has 0 bridgehead atoms. The predicted octanol–water partition coefficient (Wildman–Crippen LogP) is 1.51. The molecule has 0 aliphatic heterocycles. The van der Waals surface area contributed by atoms with Crippen molar-refractivity contribution in [2.24, 2.45) is 0 Å². The van der Waals surface area contributed by atoms with Crippen LogP contribution in [0, 0.1) is 12.3 Å². The number of rotatable bonds is 5. The van der Waals surface area contributed by atoms with Crippen LogP contribution >= 0.6 is 0 Å². The average Bonchev–Trinajstić information content (AvgIpc) is 2.31. The van der Waals surface area contributed by atoms with E-state index in [1.54, 1.807) is 0 Å². The Balaban J connectivity index is 2.70. The number of aliphatic hydroxyl groups excluding tert-OH is 1.